The summed E-state index contributed by atoms with van der Waals surface area (Å²) in [4.78, 5) is 4.82. The summed E-state index contributed by atoms with van der Waals surface area (Å²) in [6, 6.07) is 65.0. The zero-order valence-electron chi connectivity index (χ0n) is 32.3. The predicted molar refractivity (Wildman–Crippen MR) is 233 cm³/mol. The number of hydrogen-bond donors (Lipinski definition) is 0. The molecule has 2 aliphatic rings. The van der Waals surface area contributed by atoms with Crippen molar-refractivity contribution >= 4 is 34.1 Å². The van der Waals surface area contributed by atoms with Gasteiger partial charge in [-0.2, -0.15) is 0 Å². The van der Waals surface area contributed by atoms with Gasteiger partial charge in [0.1, 0.15) is 0 Å². The van der Waals surface area contributed by atoms with Gasteiger partial charge in [-0.15, -0.1) is 0 Å². The monoisotopic (exact) mass is 714 g/mol. The lowest BCUT2D eigenvalue weighted by Crippen LogP contribution is -2.20. The van der Waals surface area contributed by atoms with Crippen LogP contribution in [-0.2, 0) is 5.41 Å². The van der Waals surface area contributed by atoms with Crippen LogP contribution in [0.15, 0.2) is 176 Å². The van der Waals surface area contributed by atoms with Crippen molar-refractivity contribution in [3.8, 4) is 11.1 Å². The van der Waals surface area contributed by atoms with E-state index in [2.05, 4.69) is 206 Å². The average Bonchev–Trinajstić information content (AvgIpc) is 3.49. The summed E-state index contributed by atoms with van der Waals surface area (Å²) in [6.07, 6.45) is 6.68. The van der Waals surface area contributed by atoms with Crippen LogP contribution in [0.3, 0.4) is 0 Å². The minimum absolute atomic E-state index is 0.125. The SMILES string of the molecule is CC(c1ccc(N(c2ccccc2)c2ccccc2)cc1)c1ccc(N(c2ccc(C3CCCCC3)cc2)c2cccc3c2C(C)(C)c2ccccc2-3)cc1. The van der Waals surface area contributed by atoms with Crippen molar-refractivity contribution in [2.24, 2.45) is 0 Å². The molecule has 0 aromatic heterocycles. The van der Waals surface area contributed by atoms with Gasteiger partial charge < -0.3 is 9.80 Å². The molecule has 2 heteroatoms. The van der Waals surface area contributed by atoms with Gasteiger partial charge in [0, 0.05) is 39.8 Å². The molecule has 0 saturated heterocycles. The lowest BCUT2D eigenvalue weighted by molar-refractivity contribution is 0.443. The fourth-order valence-electron chi connectivity index (χ4n) is 9.38. The molecule has 9 rings (SSSR count). The Bertz CT molecular complexity index is 2330. The number of anilines is 6. The normalized spacial score (nSPS) is 15.2. The first-order valence-electron chi connectivity index (χ1n) is 20.2. The fourth-order valence-corrected chi connectivity index (χ4v) is 9.38. The highest BCUT2D eigenvalue weighted by atomic mass is 15.1. The van der Waals surface area contributed by atoms with Crippen molar-refractivity contribution < 1.29 is 0 Å². The van der Waals surface area contributed by atoms with E-state index in [-0.39, 0.29) is 11.3 Å². The van der Waals surface area contributed by atoms with E-state index in [4.69, 9.17) is 0 Å². The van der Waals surface area contributed by atoms with Gasteiger partial charge >= 0.3 is 0 Å². The van der Waals surface area contributed by atoms with Crippen LogP contribution in [0.4, 0.5) is 34.1 Å². The average molecular weight is 715 g/mol. The van der Waals surface area contributed by atoms with Gasteiger partial charge in [-0.3, -0.25) is 0 Å². The molecule has 2 nitrogen and oxygen atoms in total. The van der Waals surface area contributed by atoms with Crippen molar-refractivity contribution in [1.82, 2.24) is 0 Å². The predicted octanol–water partition coefficient (Wildman–Crippen LogP) is 15.1. The Morgan fingerprint density at radius 3 is 1.51 bits per heavy atom. The topological polar surface area (TPSA) is 6.48 Å². The van der Waals surface area contributed by atoms with Crippen molar-refractivity contribution in [3.63, 3.8) is 0 Å². The highest BCUT2D eigenvalue weighted by Gasteiger charge is 2.38. The van der Waals surface area contributed by atoms with Gasteiger partial charge in [0.2, 0.25) is 0 Å². The second-order valence-corrected chi connectivity index (χ2v) is 16.0. The number of fused-ring (bicyclic) bond motifs is 3. The molecule has 0 amide bonds. The highest BCUT2D eigenvalue weighted by molar-refractivity contribution is 5.90. The summed E-state index contributed by atoms with van der Waals surface area (Å²) in [6.45, 7) is 7.10. The summed E-state index contributed by atoms with van der Waals surface area (Å²) in [5.41, 5.74) is 16.5. The quantitative estimate of drug-likeness (QED) is 0.147. The van der Waals surface area contributed by atoms with Crippen LogP contribution >= 0.6 is 0 Å². The summed E-state index contributed by atoms with van der Waals surface area (Å²) < 4.78 is 0. The minimum Gasteiger partial charge on any atom is -0.311 e. The van der Waals surface area contributed by atoms with Gasteiger partial charge in [-0.05, 0) is 124 Å². The molecule has 0 spiro atoms. The van der Waals surface area contributed by atoms with E-state index < -0.39 is 0 Å². The Labute approximate surface area is 327 Å². The molecule has 0 radical (unpaired) electrons. The molecule has 1 unspecified atom stereocenters. The van der Waals surface area contributed by atoms with Crippen molar-refractivity contribution in [1.29, 1.82) is 0 Å². The van der Waals surface area contributed by atoms with Gasteiger partial charge in [0.15, 0.2) is 0 Å². The lowest BCUT2D eigenvalue weighted by Gasteiger charge is -2.32. The Morgan fingerprint density at radius 1 is 0.455 bits per heavy atom. The maximum atomic E-state index is 2.50. The van der Waals surface area contributed by atoms with Crippen LogP contribution in [0.2, 0.25) is 0 Å². The van der Waals surface area contributed by atoms with Crippen LogP contribution in [0.25, 0.3) is 11.1 Å². The van der Waals surface area contributed by atoms with Gasteiger partial charge in [-0.25, -0.2) is 0 Å². The third-order valence-electron chi connectivity index (χ3n) is 12.4. The zero-order chi connectivity index (χ0) is 37.4. The molecular weight excluding hydrogens is 665 g/mol. The van der Waals surface area contributed by atoms with E-state index in [1.54, 1.807) is 0 Å². The third kappa shape index (κ3) is 6.54. The molecule has 2 aliphatic carbocycles. The lowest BCUT2D eigenvalue weighted by atomic mass is 9.81. The van der Waals surface area contributed by atoms with Crippen LogP contribution in [0.1, 0.15) is 92.5 Å². The third-order valence-corrected chi connectivity index (χ3v) is 12.4. The van der Waals surface area contributed by atoms with E-state index in [9.17, 15) is 0 Å². The molecule has 7 aromatic rings. The Kier molecular flexibility index (Phi) is 9.36. The Morgan fingerprint density at radius 2 is 0.927 bits per heavy atom. The molecule has 0 N–H and O–H groups in total. The van der Waals surface area contributed by atoms with Crippen LogP contribution in [0, 0.1) is 0 Å². The summed E-state index contributed by atoms with van der Waals surface area (Å²) >= 11 is 0. The number of benzene rings is 7. The largest absolute Gasteiger partial charge is 0.311 e. The molecule has 1 atom stereocenters. The standard InChI is InChI=1S/C53H50N2/c1-38(39-26-32-45(33-27-39)54(43-18-9-5-10-19-43)44-20-11-6-12-21-44)40-28-34-46(35-29-40)55(47-36-30-42(31-37-47)41-16-7-4-8-17-41)51-25-15-23-49-48-22-13-14-24-50(48)53(2,3)52(49)51/h5-6,9-15,18-38,41H,4,7-8,16-17H2,1-3H3. The second-order valence-electron chi connectivity index (χ2n) is 16.0. The zero-order valence-corrected chi connectivity index (χ0v) is 32.3. The smallest absolute Gasteiger partial charge is 0.0508 e. The summed E-state index contributed by atoms with van der Waals surface area (Å²) in [7, 11) is 0. The van der Waals surface area contributed by atoms with Gasteiger partial charge in [0.05, 0.1) is 5.69 Å². The minimum atomic E-state index is -0.125. The van der Waals surface area contributed by atoms with E-state index in [1.807, 2.05) is 0 Å². The first kappa shape index (κ1) is 34.9. The van der Waals surface area contributed by atoms with Gasteiger partial charge in [0.25, 0.3) is 0 Å². The molecule has 0 bridgehead atoms. The van der Waals surface area contributed by atoms with E-state index >= 15 is 0 Å². The molecule has 1 saturated carbocycles. The van der Waals surface area contributed by atoms with Crippen LogP contribution in [-0.4, -0.2) is 0 Å². The van der Waals surface area contributed by atoms with Crippen molar-refractivity contribution in [2.75, 3.05) is 9.80 Å². The Hall–Kier alpha value is -5.86. The maximum Gasteiger partial charge on any atom is 0.0508 e. The summed E-state index contributed by atoms with van der Waals surface area (Å²) in [5.74, 6) is 0.919. The van der Waals surface area contributed by atoms with Crippen LogP contribution < -0.4 is 9.80 Å². The molecule has 0 heterocycles. The molecule has 0 aliphatic heterocycles. The van der Waals surface area contributed by atoms with Gasteiger partial charge in [-0.1, -0.05) is 149 Å². The van der Waals surface area contributed by atoms with Crippen molar-refractivity contribution in [2.45, 2.75) is 70.1 Å². The molecule has 7 aromatic carbocycles. The molecular formula is C53H50N2. The van der Waals surface area contributed by atoms with E-state index in [1.165, 1.54) is 88.1 Å². The van der Waals surface area contributed by atoms with Crippen LogP contribution in [0.5, 0.6) is 0 Å². The molecule has 55 heavy (non-hydrogen) atoms. The van der Waals surface area contributed by atoms with E-state index in [0.717, 1.165) is 17.1 Å². The first-order valence-corrected chi connectivity index (χ1v) is 20.2. The first-order chi connectivity index (χ1) is 27.0. The van der Waals surface area contributed by atoms with E-state index in [0.29, 0.717) is 5.92 Å². The second kappa shape index (κ2) is 14.8. The fraction of sp³-hybridized carbons (Fsp3) is 0.208. The Balaban J connectivity index is 1.06. The van der Waals surface area contributed by atoms with Crippen molar-refractivity contribution in [3.05, 3.63) is 204 Å². The maximum absolute atomic E-state index is 2.50. The summed E-state index contributed by atoms with van der Waals surface area (Å²) in [5, 5.41) is 0. The number of nitrogens with zero attached hydrogens (tertiary/aromatic N) is 2. The molecule has 1 fully saturated rings. The number of hydrogen-bond acceptors (Lipinski definition) is 2. The number of para-hydroxylation sites is 2. The highest BCUT2D eigenvalue weighted by Crippen LogP contribution is 2.54. The molecule has 272 valence electrons. The number of rotatable bonds is 9.